The topological polar surface area (TPSA) is 69.0 Å². The predicted molar refractivity (Wildman–Crippen MR) is 118 cm³/mol. The summed E-state index contributed by atoms with van der Waals surface area (Å²) in [5.74, 6) is 3.35. The zero-order chi connectivity index (χ0) is 21.0. The molecule has 0 bridgehead atoms. The van der Waals surface area contributed by atoms with Gasteiger partial charge in [-0.05, 0) is 43.4 Å². The summed E-state index contributed by atoms with van der Waals surface area (Å²) in [5.41, 5.74) is 1.82. The lowest BCUT2D eigenvalue weighted by Crippen LogP contribution is -2.35. The molecule has 1 aliphatic heterocycles. The van der Waals surface area contributed by atoms with E-state index in [0.29, 0.717) is 23.8 Å². The monoisotopic (exact) mass is 416 g/mol. The van der Waals surface area contributed by atoms with Gasteiger partial charge in [-0.2, -0.15) is 0 Å². The van der Waals surface area contributed by atoms with Gasteiger partial charge in [0.1, 0.15) is 17.4 Å². The first kappa shape index (κ1) is 19.8. The summed E-state index contributed by atoms with van der Waals surface area (Å²) < 4.78 is 8.26. The van der Waals surface area contributed by atoms with Gasteiger partial charge in [0.15, 0.2) is 0 Å². The van der Waals surface area contributed by atoms with Gasteiger partial charge < -0.3 is 14.6 Å². The molecule has 160 valence electrons. The average Bonchev–Trinajstić information content (AvgIpc) is 3.60. The number of hydrogen-bond acceptors (Lipinski definition) is 4. The number of nitrogens with one attached hydrogen (secondary N) is 1. The third kappa shape index (κ3) is 4.63. The van der Waals surface area contributed by atoms with Crippen molar-refractivity contribution in [3.8, 4) is 5.75 Å². The largest absolute Gasteiger partial charge is 0.492 e. The highest BCUT2D eigenvalue weighted by atomic mass is 16.5. The minimum Gasteiger partial charge on any atom is -0.492 e. The second kappa shape index (κ2) is 8.92. The predicted octanol–water partition coefficient (Wildman–Crippen LogP) is 3.91. The van der Waals surface area contributed by atoms with E-state index in [-0.39, 0.29) is 11.9 Å². The minimum atomic E-state index is -0.0691. The van der Waals surface area contributed by atoms with Gasteiger partial charge in [0, 0.05) is 31.3 Å². The molecule has 2 aliphatic rings. The van der Waals surface area contributed by atoms with Crippen LogP contribution in [0.3, 0.4) is 0 Å². The van der Waals surface area contributed by atoms with E-state index in [4.69, 9.17) is 4.74 Å². The van der Waals surface area contributed by atoms with E-state index in [9.17, 15) is 4.79 Å². The molecule has 1 amide bonds. The third-order valence-corrected chi connectivity index (χ3v) is 6.17. The molecule has 6 heteroatoms. The first-order valence-corrected chi connectivity index (χ1v) is 11.3. The SMILES string of the molecule is O=C(NC1CCc2nnc(C3CC3)n2CC1)c1ccccc1OCCc1ccccc1. The molecule has 2 heterocycles. The number of ether oxygens (including phenoxy) is 1. The lowest BCUT2D eigenvalue weighted by Gasteiger charge is -2.18. The summed E-state index contributed by atoms with van der Waals surface area (Å²) in [6, 6.07) is 17.9. The summed E-state index contributed by atoms with van der Waals surface area (Å²) in [7, 11) is 0. The Morgan fingerprint density at radius 1 is 1.00 bits per heavy atom. The van der Waals surface area contributed by atoms with Crippen molar-refractivity contribution < 1.29 is 9.53 Å². The number of fused-ring (bicyclic) bond motifs is 1. The van der Waals surface area contributed by atoms with E-state index >= 15 is 0 Å². The number of hydrogen-bond donors (Lipinski definition) is 1. The molecule has 5 rings (SSSR count). The molecule has 1 aromatic heterocycles. The molecule has 1 N–H and O–H groups in total. The molecule has 0 spiro atoms. The van der Waals surface area contributed by atoms with Crippen LogP contribution in [0.15, 0.2) is 54.6 Å². The summed E-state index contributed by atoms with van der Waals surface area (Å²) in [6.07, 6.45) is 5.87. The molecule has 1 fully saturated rings. The number of benzene rings is 2. The molecule has 1 saturated carbocycles. The smallest absolute Gasteiger partial charge is 0.255 e. The van der Waals surface area contributed by atoms with Gasteiger partial charge in [-0.1, -0.05) is 42.5 Å². The van der Waals surface area contributed by atoms with Crippen molar-refractivity contribution in [3.05, 3.63) is 77.4 Å². The Balaban J connectivity index is 1.19. The van der Waals surface area contributed by atoms with E-state index in [1.54, 1.807) is 0 Å². The van der Waals surface area contributed by atoms with Crippen molar-refractivity contribution >= 4 is 5.91 Å². The maximum atomic E-state index is 13.0. The second-order valence-corrected chi connectivity index (χ2v) is 8.48. The number of aromatic nitrogens is 3. The number of rotatable bonds is 7. The number of para-hydroxylation sites is 1. The highest BCUT2D eigenvalue weighted by Gasteiger charge is 2.31. The molecule has 1 unspecified atom stereocenters. The van der Waals surface area contributed by atoms with Crippen molar-refractivity contribution in [1.29, 1.82) is 0 Å². The molecule has 1 aliphatic carbocycles. The van der Waals surface area contributed by atoms with Crippen LogP contribution in [0, 0.1) is 0 Å². The zero-order valence-corrected chi connectivity index (χ0v) is 17.7. The normalized spacial score (nSPS) is 18.1. The van der Waals surface area contributed by atoms with Crippen molar-refractivity contribution in [2.24, 2.45) is 0 Å². The van der Waals surface area contributed by atoms with Crippen LogP contribution in [0.25, 0.3) is 0 Å². The molecular weight excluding hydrogens is 388 g/mol. The van der Waals surface area contributed by atoms with Crippen LogP contribution in [0.4, 0.5) is 0 Å². The van der Waals surface area contributed by atoms with Crippen LogP contribution in [-0.4, -0.2) is 33.3 Å². The Labute approximate surface area is 182 Å². The molecule has 2 aromatic carbocycles. The summed E-state index contributed by atoms with van der Waals surface area (Å²) in [5, 5.41) is 12.0. The van der Waals surface area contributed by atoms with Crippen LogP contribution in [0.5, 0.6) is 5.75 Å². The molecule has 0 saturated heterocycles. The van der Waals surface area contributed by atoms with E-state index < -0.39 is 0 Å². The highest BCUT2D eigenvalue weighted by molar-refractivity contribution is 5.97. The Morgan fingerprint density at radius 3 is 2.65 bits per heavy atom. The minimum absolute atomic E-state index is 0.0691. The molecule has 31 heavy (non-hydrogen) atoms. The number of amides is 1. The number of nitrogens with zero attached hydrogens (tertiary/aromatic N) is 3. The maximum Gasteiger partial charge on any atom is 0.255 e. The van der Waals surface area contributed by atoms with Crippen LogP contribution < -0.4 is 10.1 Å². The van der Waals surface area contributed by atoms with Crippen LogP contribution in [0.1, 0.15) is 59.2 Å². The van der Waals surface area contributed by atoms with Gasteiger partial charge in [0.05, 0.1) is 12.2 Å². The first-order valence-electron chi connectivity index (χ1n) is 11.3. The Kier molecular flexibility index (Phi) is 5.69. The van der Waals surface area contributed by atoms with Crippen molar-refractivity contribution in [2.75, 3.05) is 6.61 Å². The summed E-state index contributed by atoms with van der Waals surface area (Å²) in [4.78, 5) is 13.0. The van der Waals surface area contributed by atoms with Crippen molar-refractivity contribution in [2.45, 2.75) is 57.0 Å². The van der Waals surface area contributed by atoms with E-state index in [1.807, 2.05) is 42.5 Å². The first-order chi connectivity index (χ1) is 15.3. The highest BCUT2D eigenvalue weighted by Crippen LogP contribution is 2.39. The Bertz CT molecular complexity index is 1040. The zero-order valence-electron chi connectivity index (χ0n) is 17.7. The van der Waals surface area contributed by atoms with Crippen molar-refractivity contribution in [3.63, 3.8) is 0 Å². The molecule has 1 atom stereocenters. The average molecular weight is 417 g/mol. The van der Waals surface area contributed by atoms with Gasteiger partial charge in [-0.25, -0.2) is 0 Å². The third-order valence-electron chi connectivity index (χ3n) is 6.17. The van der Waals surface area contributed by atoms with Crippen LogP contribution in [0.2, 0.25) is 0 Å². The summed E-state index contributed by atoms with van der Waals surface area (Å²) >= 11 is 0. The fourth-order valence-corrected chi connectivity index (χ4v) is 4.26. The lowest BCUT2D eigenvalue weighted by atomic mass is 10.1. The second-order valence-electron chi connectivity index (χ2n) is 8.48. The standard InChI is InChI=1S/C25H28N4O2/c30-25(21-8-4-5-9-22(21)31-17-15-18-6-2-1-3-7-18)26-20-12-13-23-27-28-24(19-10-11-19)29(23)16-14-20/h1-9,19-20H,10-17H2,(H,26,30). The fraction of sp³-hybridized carbons (Fsp3) is 0.400. The van der Waals surface area contributed by atoms with Gasteiger partial charge in [0.25, 0.3) is 5.91 Å². The summed E-state index contributed by atoms with van der Waals surface area (Å²) in [6.45, 7) is 1.41. The maximum absolute atomic E-state index is 13.0. The van der Waals surface area contributed by atoms with Crippen LogP contribution in [-0.2, 0) is 19.4 Å². The van der Waals surface area contributed by atoms with E-state index in [2.05, 4.69) is 32.2 Å². The molecule has 0 radical (unpaired) electrons. The number of aryl methyl sites for hydroxylation is 1. The van der Waals surface area contributed by atoms with Crippen LogP contribution >= 0.6 is 0 Å². The van der Waals surface area contributed by atoms with Gasteiger partial charge in [-0.3, -0.25) is 4.79 Å². The van der Waals surface area contributed by atoms with Gasteiger partial charge in [0.2, 0.25) is 0 Å². The lowest BCUT2D eigenvalue weighted by molar-refractivity contribution is 0.0929. The Hall–Kier alpha value is -3.15. The Morgan fingerprint density at radius 2 is 1.81 bits per heavy atom. The fourth-order valence-electron chi connectivity index (χ4n) is 4.26. The molecule has 3 aromatic rings. The van der Waals surface area contributed by atoms with Gasteiger partial charge >= 0.3 is 0 Å². The quantitative estimate of drug-likeness (QED) is 0.634. The van der Waals surface area contributed by atoms with E-state index in [1.165, 1.54) is 18.4 Å². The van der Waals surface area contributed by atoms with Gasteiger partial charge in [-0.15, -0.1) is 10.2 Å². The molecular formula is C25H28N4O2. The van der Waals surface area contributed by atoms with Crippen molar-refractivity contribution in [1.82, 2.24) is 20.1 Å². The van der Waals surface area contributed by atoms with E-state index in [0.717, 1.165) is 43.9 Å². The number of carbonyl (C=O) groups is 1. The molecule has 6 nitrogen and oxygen atoms in total. The number of carbonyl (C=O) groups excluding carboxylic acids is 1.